The highest BCUT2D eigenvalue weighted by atomic mass is 32.2. The quantitative estimate of drug-likeness (QED) is 0.827. The molecule has 1 saturated carbocycles. The third kappa shape index (κ3) is 2.39. The third-order valence-corrected chi connectivity index (χ3v) is 4.54. The molecule has 0 bridgehead atoms. The maximum Gasteiger partial charge on any atom is 0.327 e. The molecule has 0 radical (unpaired) electrons. The van der Waals surface area contributed by atoms with Gasteiger partial charge in [0.1, 0.15) is 5.54 Å². The summed E-state index contributed by atoms with van der Waals surface area (Å²) in [6, 6.07) is 6.47. The molecule has 18 heavy (non-hydrogen) atoms. The predicted molar refractivity (Wildman–Crippen MR) is 65.5 cm³/mol. The lowest BCUT2D eigenvalue weighted by Gasteiger charge is -2.15. The van der Waals surface area contributed by atoms with E-state index in [9.17, 15) is 13.2 Å². The minimum Gasteiger partial charge on any atom is -0.468 e. The molecule has 0 saturated heterocycles. The average molecular weight is 269 g/mol. The van der Waals surface area contributed by atoms with Gasteiger partial charge < -0.3 is 4.74 Å². The highest BCUT2D eigenvalue weighted by Gasteiger charge is 2.54. The summed E-state index contributed by atoms with van der Waals surface area (Å²) in [6.45, 7) is 1.88. The van der Waals surface area contributed by atoms with E-state index < -0.39 is 21.5 Å². The van der Waals surface area contributed by atoms with Gasteiger partial charge in [0, 0.05) is 0 Å². The van der Waals surface area contributed by atoms with Crippen molar-refractivity contribution in [2.75, 3.05) is 7.11 Å². The molecule has 1 aromatic carbocycles. The lowest BCUT2D eigenvalue weighted by molar-refractivity contribution is -0.143. The van der Waals surface area contributed by atoms with E-state index in [1.807, 2.05) is 6.92 Å². The fourth-order valence-electron chi connectivity index (χ4n) is 1.70. The molecule has 1 N–H and O–H groups in total. The number of carbonyl (C=O) groups is 1. The van der Waals surface area contributed by atoms with Gasteiger partial charge in [0.2, 0.25) is 10.0 Å². The van der Waals surface area contributed by atoms with Crippen LogP contribution >= 0.6 is 0 Å². The van der Waals surface area contributed by atoms with Gasteiger partial charge >= 0.3 is 5.97 Å². The molecule has 1 aliphatic carbocycles. The third-order valence-electron chi connectivity index (χ3n) is 2.99. The Morgan fingerprint density at radius 2 is 1.83 bits per heavy atom. The van der Waals surface area contributed by atoms with E-state index in [1.54, 1.807) is 12.1 Å². The summed E-state index contributed by atoms with van der Waals surface area (Å²) in [5.74, 6) is -0.529. The van der Waals surface area contributed by atoms with Gasteiger partial charge in [-0.1, -0.05) is 17.7 Å². The molecular weight excluding hydrogens is 254 g/mol. The van der Waals surface area contributed by atoms with Gasteiger partial charge in [-0.25, -0.2) is 8.42 Å². The second kappa shape index (κ2) is 4.37. The van der Waals surface area contributed by atoms with Crippen molar-refractivity contribution in [3.8, 4) is 0 Å². The zero-order valence-electron chi connectivity index (χ0n) is 10.3. The Hall–Kier alpha value is -1.40. The summed E-state index contributed by atoms with van der Waals surface area (Å²) in [5.41, 5.74) is -0.0820. The van der Waals surface area contributed by atoms with Crippen molar-refractivity contribution in [2.24, 2.45) is 0 Å². The van der Waals surface area contributed by atoms with Crippen molar-refractivity contribution < 1.29 is 17.9 Å². The van der Waals surface area contributed by atoms with Gasteiger partial charge in [-0.15, -0.1) is 0 Å². The van der Waals surface area contributed by atoms with E-state index in [0.29, 0.717) is 12.8 Å². The second-order valence-corrected chi connectivity index (χ2v) is 6.17. The van der Waals surface area contributed by atoms with E-state index in [1.165, 1.54) is 19.2 Å². The molecule has 98 valence electrons. The lowest BCUT2D eigenvalue weighted by Crippen LogP contribution is -2.43. The van der Waals surface area contributed by atoms with E-state index in [0.717, 1.165) is 5.56 Å². The van der Waals surface area contributed by atoms with Crippen LogP contribution in [0, 0.1) is 6.92 Å². The number of benzene rings is 1. The number of aryl methyl sites for hydroxylation is 1. The summed E-state index contributed by atoms with van der Waals surface area (Å²) in [6.07, 6.45) is 0.954. The van der Waals surface area contributed by atoms with Gasteiger partial charge in [-0.05, 0) is 31.9 Å². The Morgan fingerprint density at radius 3 is 2.28 bits per heavy atom. The first-order valence-electron chi connectivity index (χ1n) is 5.59. The monoisotopic (exact) mass is 269 g/mol. The first-order chi connectivity index (χ1) is 8.39. The number of esters is 1. The van der Waals surface area contributed by atoms with E-state index in [2.05, 4.69) is 9.46 Å². The van der Waals surface area contributed by atoms with Crippen molar-refractivity contribution in [3.05, 3.63) is 29.8 Å². The van der Waals surface area contributed by atoms with Crippen molar-refractivity contribution in [1.82, 2.24) is 4.72 Å². The molecule has 0 aromatic heterocycles. The van der Waals surface area contributed by atoms with Crippen LogP contribution in [0.25, 0.3) is 0 Å². The number of ether oxygens (including phenoxy) is 1. The van der Waals surface area contributed by atoms with Crippen LogP contribution in [0.2, 0.25) is 0 Å². The number of sulfonamides is 1. The molecule has 1 fully saturated rings. The van der Waals surface area contributed by atoms with Crippen LogP contribution in [0.15, 0.2) is 29.2 Å². The standard InChI is InChI=1S/C12H15NO4S/c1-9-3-5-10(6-4-9)18(15,16)13-12(7-8-12)11(14)17-2/h3-6,13H,7-8H2,1-2H3. The summed E-state index contributed by atoms with van der Waals surface area (Å²) >= 11 is 0. The molecule has 0 aliphatic heterocycles. The summed E-state index contributed by atoms with van der Waals surface area (Å²) < 4.78 is 31.2. The number of methoxy groups -OCH3 is 1. The predicted octanol–water partition coefficient (Wildman–Crippen LogP) is 0.979. The minimum absolute atomic E-state index is 0.156. The molecule has 0 unspecified atom stereocenters. The number of hydrogen-bond acceptors (Lipinski definition) is 4. The number of nitrogens with one attached hydrogen (secondary N) is 1. The Bertz CT molecular complexity index is 558. The maximum absolute atomic E-state index is 12.1. The first-order valence-corrected chi connectivity index (χ1v) is 7.07. The molecule has 5 nitrogen and oxygen atoms in total. The van der Waals surface area contributed by atoms with Crippen LogP contribution in [0.5, 0.6) is 0 Å². The van der Waals surface area contributed by atoms with Crippen molar-refractivity contribution in [1.29, 1.82) is 0 Å². The normalized spacial score (nSPS) is 17.2. The first kappa shape index (κ1) is 13.0. The van der Waals surface area contributed by atoms with Crippen LogP contribution in [-0.4, -0.2) is 27.0 Å². The fourth-order valence-corrected chi connectivity index (χ4v) is 3.12. The lowest BCUT2D eigenvalue weighted by atomic mass is 10.2. The van der Waals surface area contributed by atoms with Crippen LogP contribution in [0.1, 0.15) is 18.4 Å². The van der Waals surface area contributed by atoms with Crippen LogP contribution < -0.4 is 4.72 Å². The van der Waals surface area contributed by atoms with Crippen LogP contribution in [0.4, 0.5) is 0 Å². The molecule has 2 rings (SSSR count). The van der Waals surface area contributed by atoms with Gasteiger partial charge in [0.25, 0.3) is 0 Å². The number of hydrogen-bond donors (Lipinski definition) is 1. The van der Waals surface area contributed by atoms with Gasteiger partial charge in [0.05, 0.1) is 12.0 Å². The Labute approximate surface area is 106 Å². The van der Waals surface area contributed by atoms with Gasteiger partial charge in [-0.3, -0.25) is 4.79 Å². The van der Waals surface area contributed by atoms with Crippen LogP contribution in [0.3, 0.4) is 0 Å². The topological polar surface area (TPSA) is 72.5 Å². The smallest absolute Gasteiger partial charge is 0.327 e. The minimum atomic E-state index is -3.68. The second-order valence-electron chi connectivity index (χ2n) is 4.49. The van der Waals surface area contributed by atoms with E-state index in [-0.39, 0.29) is 4.90 Å². The summed E-state index contributed by atoms with van der Waals surface area (Å²) in [5, 5.41) is 0. The molecule has 1 aliphatic rings. The fraction of sp³-hybridized carbons (Fsp3) is 0.417. The van der Waals surface area contributed by atoms with Crippen molar-refractivity contribution in [3.63, 3.8) is 0 Å². The van der Waals surface area contributed by atoms with Gasteiger partial charge in [0.15, 0.2) is 0 Å². The highest BCUT2D eigenvalue weighted by Crippen LogP contribution is 2.38. The Kier molecular flexibility index (Phi) is 3.16. The summed E-state index contributed by atoms with van der Waals surface area (Å²) in [4.78, 5) is 11.7. The largest absolute Gasteiger partial charge is 0.468 e. The zero-order valence-corrected chi connectivity index (χ0v) is 11.1. The average Bonchev–Trinajstić information content (AvgIpc) is 3.09. The number of rotatable bonds is 4. The van der Waals surface area contributed by atoms with Crippen LogP contribution in [-0.2, 0) is 19.6 Å². The van der Waals surface area contributed by atoms with E-state index in [4.69, 9.17) is 0 Å². The molecule has 0 amide bonds. The van der Waals surface area contributed by atoms with Crippen molar-refractivity contribution >= 4 is 16.0 Å². The molecule has 0 atom stereocenters. The van der Waals surface area contributed by atoms with Crippen molar-refractivity contribution in [2.45, 2.75) is 30.2 Å². The Morgan fingerprint density at radius 1 is 1.28 bits per heavy atom. The molecule has 6 heteroatoms. The SMILES string of the molecule is COC(=O)C1(NS(=O)(=O)c2ccc(C)cc2)CC1. The summed E-state index contributed by atoms with van der Waals surface area (Å²) in [7, 11) is -2.43. The number of carbonyl (C=O) groups excluding carboxylic acids is 1. The maximum atomic E-state index is 12.1. The molecule has 0 heterocycles. The Balaban J connectivity index is 2.23. The molecule has 1 aromatic rings. The highest BCUT2D eigenvalue weighted by molar-refractivity contribution is 7.89. The zero-order chi connectivity index (χ0) is 13.4. The van der Waals surface area contributed by atoms with Gasteiger partial charge in [-0.2, -0.15) is 4.72 Å². The molecular formula is C12H15NO4S. The molecule has 0 spiro atoms. The van der Waals surface area contributed by atoms with E-state index >= 15 is 0 Å².